The van der Waals surface area contributed by atoms with Crippen molar-refractivity contribution in [2.75, 3.05) is 27.2 Å². The predicted octanol–water partition coefficient (Wildman–Crippen LogP) is 2.98. The Balaban J connectivity index is 2.19. The first-order chi connectivity index (χ1) is 17.8. The Kier molecular flexibility index (Phi) is 11.8. The average Bonchev–Trinajstić information content (AvgIpc) is 3.34. The molecule has 2 aliphatic rings. The highest BCUT2D eigenvalue weighted by Crippen LogP contribution is 2.23. The van der Waals surface area contributed by atoms with E-state index in [0.717, 1.165) is 32.2 Å². The van der Waals surface area contributed by atoms with Gasteiger partial charge in [-0.1, -0.05) is 40.2 Å². The van der Waals surface area contributed by atoms with Gasteiger partial charge >= 0.3 is 5.97 Å². The summed E-state index contributed by atoms with van der Waals surface area (Å²) in [6.45, 7) is 14.6. The molecule has 0 aromatic rings. The SMILES string of the molecule is C/C(=C\[C@H](C(C)C)N(C)C(=O)C(NC(=O)[C@H]1CCCCN1C)C(C)C)C(=O)N1CCCC1C(=O)OC(C)C. The standard InChI is InChI=1S/C29H50N4O5/c1-18(2)24(17-21(7)27(35)33-16-12-14-23(33)29(37)38-20(5)6)32(9)28(36)25(19(3)4)30-26(34)22-13-10-11-15-31(22)8/h17-20,22-25H,10-16H2,1-9H3,(H,30,34)/b21-17+/t22-,23?,24-,25?/m1/s1. The molecule has 38 heavy (non-hydrogen) atoms. The van der Waals surface area contributed by atoms with E-state index in [1.807, 2.05) is 40.8 Å². The van der Waals surface area contributed by atoms with Gasteiger partial charge in [0.05, 0.1) is 18.2 Å². The minimum Gasteiger partial charge on any atom is -0.461 e. The maximum atomic E-state index is 13.7. The summed E-state index contributed by atoms with van der Waals surface area (Å²) < 4.78 is 5.37. The van der Waals surface area contributed by atoms with E-state index in [4.69, 9.17) is 4.74 Å². The molecular weight excluding hydrogens is 484 g/mol. The summed E-state index contributed by atoms with van der Waals surface area (Å²) in [5.41, 5.74) is 0.488. The summed E-state index contributed by atoms with van der Waals surface area (Å²) in [4.78, 5) is 58.0. The Hall–Kier alpha value is -2.42. The number of hydrogen-bond acceptors (Lipinski definition) is 6. The fraction of sp³-hybridized carbons (Fsp3) is 0.793. The Morgan fingerprint density at radius 2 is 1.55 bits per heavy atom. The predicted molar refractivity (Wildman–Crippen MR) is 148 cm³/mol. The largest absolute Gasteiger partial charge is 0.461 e. The van der Waals surface area contributed by atoms with Crippen molar-refractivity contribution in [3.05, 3.63) is 11.6 Å². The highest BCUT2D eigenvalue weighted by molar-refractivity contribution is 5.96. The first-order valence-corrected chi connectivity index (χ1v) is 14.2. The van der Waals surface area contributed by atoms with Crippen LogP contribution in [-0.4, -0.2) is 95.8 Å². The fourth-order valence-electron chi connectivity index (χ4n) is 5.41. The van der Waals surface area contributed by atoms with Gasteiger partial charge in [0.1, 0.15) is 12.1 Å². The molecule has 2 unspecified atom stereocenters. The zero-order valence-electron chi connectivity index (χ0n) is 25.0. The number of nitrogens with zero attached hydrogens (tertiary/aromatic N) is 3. The smallest absolute Gasteiger partial charge is 0.329 e. The quantitative estimate of drug-likeness (QED) is 0.342. The molecule has 0 aromatic carbocycles. The van der Waals surface area contributed by atoms with Crippen LogP contribution in [0.3, 0.4) is 0 Å². The second-order valence-corrected chi connectivity index (χ2v) is 11.9. The summed E-state index contributed by atoms with van der Waals surface area (Å²) in [5, 5.41) is 3.03. The first-order valence-electron chi connectivity index (χ1n) is 14.2. The molecule has 0 aromatic heterocycles. The van der Waals surface area contributed by atoms with Crippen molar-refractivity contribution in [1.82, 2.24) is 20.0 Å². The number of hydrogen-bond donors (Lipinski definition) is 1. The molecule has 0 aliphatic carbocycles. The molecule has 2 saturated heterocycles. The molecule has 9 heteroatoms. The van der Waals surface area contributed by atoms with Crippen LogP contribution in [0.2, 0.25) is 0 Å². The number of ether oxygens (including phenoxy) is 1. The summed E-state index contributed by atoms with van der Waals surface area (Å²) >= 11 is 0. The van der Waals surface area contributed by atoms with Crippen LogP contribution in [0, 0.1) is 11.8 Å². The molecule has 1 N–H and O–H groups in total. The molecule has 0 radical (unpaired) electrons. The number of likely N-dealkylation sites (tertiary alicyclic amines) is 2. The van der Waals surface area contributed by atoms with E-state index in [0.29, 0.717) is 18.5 Å². The fourth-order valence-corrected chi connectivity index (χ4v) is 5.41. The lowest BCUT2D eigenvalue weighted by Gasteiger charge is -2.36. The number of piperidine rings is 1. The van der Waals surface area contributed by atoms with Crippen molar-refractivity contribution >= 4 is 23.7 Å². The maximum absolute atomic E-state index is 13.7. The Bertz CT molecular complexity index is 884. The van der Waals surface area contributed by atoms with Crippen LogP contribution in [0.25, 0.3) is 0 Å². The lowest BCUT2D eigenvalue weighted by molar-refractivity contribution is -0.155. The zero-order valence-corrected chi connectivity index (χ0v) is 25.0. The molecule has 2 rings (SSSR count). The van der Waals surface area contributed by atoms with Gasteiger partial charge in [0, 0.05) is 19.2 Å². The first kappa shape index (κ1) is 31.8. The topological polar surface area (TPSA) is 99.3 Å². The van der Waals surface area contributed by atoms with Crippen molar-refractivity contribution in [3.63, 3.8) is 0 Å². The summed E-state index contributed by atoms with van der Waals surface area (Å²) in [6.07, 6.45) is 5.78. The lowest BCUT2D eigenvalue weighted by Crippen LogP contribution is -2.57. The monoisotopic (exact) mass is 534 g/mol. The van der Waals surface area contributed by atoms with Gasteiger partial charge in [0.25, 0.3) is 0 Å². The van der Waals surface area contributed by atoms with E-state index in [1.54, 1.807) is 37.6 Å². The minimum atomic E-state index is -0.665. The molecule has 9 nitrogen and oxygen atoms in total. The number of nitrogens with one attached hydrogen (secondary N) is 1. The van der Waals surface area contributed by atoms with E-state index in [9.17, 15) is 19.2 Å². The van der Waals surface area contributed by atoms with Crippen LogP contribution >= 0.6 is 0 Å². The molecule has 0 bridgehead atoms. The molecule has 2 heterocycles. The van der Waals surface area contributed by atoms with Crippen molar-refractivity contribution in [2.24, 2.45) is 11.8 Å². The van der Waals surface area contributed by atoms with Gasteiger partial charge in [-0.25, -0.2) is 4.79 Å². The van der Waals surface area contributed by atoms with Crippen LogP contribution in [0.5, 0.6) is 0 Å². The van der Waals surface area contributed by atoms with Gasteiger partial charge in [0.15, 0.2) is 0 Å². The van der Waals surface area contributed by atoms with Crippen molar-refractivity contribution in [2.45, 2.75) is 111 Å². The molecule has 2 aliphatic heterocycles. The van der Waals surface area contributed by atoms with Crippen LogP contribution in [0.15, 0.2) is 11.6 Å². The van der Waals surface area contributed by atoms with Gasteiger partial charge in [-0.05, 0) is 71.9 Å². The molecular formula is C29H50N4O5. The Labute approximate surface area is 229 Å². The van der Waals surface area contributed by atoms with E-state index in [-0.39, 0.29) is 53.7 Å². The number of rotatable bonds is 10. The molecule has 0 saturated carbocycles. The summed E-state index contributed by atoms with van der Waals surface area (Å²) in [7, 11) is 3.68. The van der Waals surface area contributed by atoms with E-state index in [2.05, 4.69) is 10.2 Å². The molecule has 2 fully saturated rings. The third-order valence-electron chi connectivity index (χ3n) is 7.68. The van der Waals surface area contributed by atoms with Crippen LogP contribution in [0.1, 0.15) is 80.6 Å². The number of likely N-dealkylation sites (N-methyl/N-ethyl adjacent to an activating group) is 2. The molecule has 216 valence electrons. The zero-order chi connectivity index (χ0) is 28.7. The van der Waals surface area contributed by atoms with E-state index in [1.165, 1.54) is 0 Å². The molecule has 0 spiro atoms. The molecule has 3 amide bonds. The van der Waals surface area contributed by atoms with Crippen LogP contribution < -0.4 is 5.32 Å². The van der Waals surface area contributed by atoms with Crippen molar-refractivity contribution in [3.8, 4) is 0 Å². The number of esters is 1. The number of carbonyl (C=O) groups is 4. The van der Waals surface area contributed by atoms with Gasteiger partial charge in [-0.2, -0.15) is 0 Å². The Morgan fingerprint density at radius 1 is 0.921 bits per heavy atom. The van der Waals surface area contributed by atoms with Crippen LogP contribution in [0.4, 0.5) is 0 Å². The Morgan fingerprint density at radius 3 is 2.11 bits per heavy atom. The average molecular weight is 535 g/mol. The number of carbonyl (C=O) groups excluding carboxylic acids is 4. The van der Waals surface area contributed by atoms with Crippen molar-refractivity contribution < 1.29 is 23.9 Å². The van der Waals surface area contributed by atoms with Gasteiger partial charge in [0.2, 0.25) is 17.7 Å². The third-order valence-corrected chi connectivity index (χ3v) is 7.68. The van der Waals surface area contributed by atoms with Crippen molar-refractivity contribution in [1.29, 1.82) is 0 Å². The number of amides is 3. The summed E-state index contributed by atoms with van der Waals surface area (Å²) in [5.74, 6) is -0.940. The van der Waals surface area contributed by atoms with Gasteiger partial charge in [-0.15, -0.1) is 0 Å². The van der Waals surface area contributed by atoms with Gasteiger partial charge < -0.3 is 19.9 Å². The van der Waals surface area contributed by atoms with Crippen LogP contribution in [-0.2, 0) is 23.9 Å². The lowest BCUT2D eigenvalue weighted by atomic mass is 9.96. The highest BCUT2D eigenvalue weighted by atomic mass is 16.5. The summed E-state index contributed by atoms with van der Waals surface area (Å²) in [6, 6.07) is -1.82. The highest BCUT2D eigenvalue weighted by Gasteiger charge is 2.37. The van der Waals surface area contributed by atoms with E-state index < -0.39 is 12.1 Å². The van der Waals surface area contributed by atoms with Gasteiger partial charge in [-0.3, -0.25) is 19.3 Å². The minimum absolute atomic E-state index is 0.0278. The second-order valence-electron chi connectivity index (χ2n) is 11.9. The van der Waals surface area contributed by atoms with E-state index >= 15 is 0 Å². The molecule has 4 atom stereocenters. The maximum Gasteiger partial charge on any atom is 0.329 e. The third kappa shape index (κ3) is 8.04. The second kappa shape index (κ2) is 14.1. The normalized spacial score (nSPS) is 22.5.